The van der Waals surface area contributed by atoms with Gasteiger partial charge in [0.2, 0.25) is 0 Å². The summed E-state index contributed by atoms with van der Waals surface area (Å²) in [6, 6.07) is 6.42. The molecule has 1 heterocycles. The van der Waals surface area contributed by atoms with Gasteiger partial charge in [-0.1, -0.05) is 12.1 Å². The first kappa shape index (κ1) is 15.4. The average molecular weight is 301 g/mol. The van der Waals surface area contributed by atoms with E-state index >= 15 is 0 Å². The summed E-state index contributed by atoms with van der Waals surface area (Å²) in [5, 5.41) is 0. The van der Waals surface area contributed by atoms with Crippen LogP contribution < -0.4 is 0 Å². The van der Waals surface area contributed by atoms with Gasteiger partial charge >= 0.3 is 0 Å². The van der Waals surface area contributed by atoms with Crippen molar-refractivity contribution in [1.82, 2.24) is 13.5 Å². The molecule has 0 aliphatic carbocycles. The molecule has 0 N–H and O–H groups in total. The first-order valence-electron chi connectivity index (χ1n) is 6.54. The second kappa shape index (κ2) is 6.17. The van der Waals surface area contributed by atoms with Gasteiger partial charge < -0.3 is 0 Å². The molecule has 1 fully saturated rings. The number of benzene rings is 1. The number of halogens is 1. The van der Waals surface area contributed by atoms with E-state index in [1.54, 1.807) is 26.2 Å². The molecule has 1 aliphatic heterocycles. The van der Waals surface area contributed by atoms with Crippen LogP contribution in [0.1, 0.15) is 5.56 Å². The molecule has 2 rings (SSSR count). The van der Waals surface area contributed by atoms with Gasteiger partial charge in [0, 0.05) is 46.8 Å². The molecule has 7 heteroatoms. The van der Waals surface area contributed by atoms with Crippen LogP contribution >= 0.6 is 0 Å². The third-order valence-electron chi connectivity index (χ3n) is 3.44. The number of nitrogens with zero attached hydrogens (tertiary/aromatic N) is 3. The number of hydrogen-bond acceptors (Lipinski definition) is 3. The van der Waals surface area contributed by atoms with E-state index in [1.165, 1.54) is 20.7 Å². The van der Waals surface area contributed by atoms with Crippen molar-refractivity contribution >= 4 is 10.2 Å². The van der Waals surface area contributed by atoms with Crippen LogP contribution in [0, 0.1) is 5.82 Å². The molecule has 1 saturated heterocycles. The van der Waals surface area contributed by atoms with Crippen molar-refractivity contribution in [3.05, 3.63) is 35.6 Å². The quantitative estimate of drug-likeness (QED) is 0.824. The monoisotopic (exact) mass is 301 g/mol. The summed E-state index contributed by atoms with van der Waals surface area (Å²) in [6.07, 6.45) is 0. The Morgan fingerprint density at radius 3 is 2.15 bits per heavy atom. The number of hydrogen-bond donors (Lipinski definition) is 0. The zero-order valence-electron chi connectivity index (χ0n) is 11.8. The second-order valence-corrected chi connectivity index (χ2v) is 7.23. The molecule has 0 spiro atoms. The van der Waals surface area contributed by atoms with Crippen LogP contribution in [0.4, 0.5) is 4.39 Å². The Hall–Kier alpha value is -1.02. The molecule has 0 saturated carbocycles. The molecule has 1 aromatic carbocycles. The van der Waals surface area contributed by atoms with E-state index in [0.29, 0.717) is 26.2 Å². The van der Waals surface area contributed by atoms with Gasteiger partial charge in [0.05, 0.1) is 0 Å². The largest absolute Gasteiger partial charge is 0.296 e. The van der Waals surface area contributed by atoms with Crippen LogP contribution in [0.5, 0.6) is 0 Å². The lowest BCUT2D eigenvalue weighted by atomic mass is 10.2. The Labute approximate surface area is 119 Å². The molecule has 20 heavy (non-hydrogen) atoms. The highest BCUT2D eigenvalue weighted by atomic mass is 32.2. The minimum atomic E-state index is -3.31. The van der Waals surface area contributed by atoms with E-state index in [2.05, 4.69) is 4.90 Å². The summed E-state index contributed by atoms with van der Waals surface area (Å²) in [6.45, 7) is 3.06. The maximum absolute atomic E-state index is 12.8. The van der Waals surface area contributed by atoms with Crippen molar-refractivity contribution in [2.45, 2.75) is 6.54 Å². The van der Waals surface area contributed by atoms with Crippen LogP contribution in [0.15, 0.2) is 24.3 Å². The summed E-state index contributed by atoms with van der Waals surface area (Å²) in [4.78, 5) is 2.18. The fraction of sp³-hybridized carbons (Fsp3) is 0.538. The van der Waals surface area contributed by atoms with Crippen molar-refractivity contribution in [3.8, 4) is 0 Å². The van der Waals surface area contributed by atoms with Crippen LogP contribution in [0.3, 0.4) is 0 Å². The molecule has 0 amide bonds. The zero-order chi connectivity index (χ0) is 14.8. The van der Waals surface area contributed by atoms with Crippen molar-refractivity contribution in [3.63, 3.8) is 0 Å². The van der Waals surface area contributed by atoms with Crippen LogP contribution in [0.2, 0.25) is 0 Å². The van der Waals surface area contributed by atoms with Gasteiger partial charge in [0.25, 0.3) is 10.2 Å². The Bertz CT molecular complexity index is 537. The highest BCUT2D eigenvalue weighted by Gasteiger charge is 2.28. The maximum Gasteiger partial charge on any atom is 0.281 e. The van der Waals surface area contributed by atoms with E-state index in [4.69, 9.17) is 0 Å². The standard InChI is InChI=1S/C13H20FN3O2S/c1-15(2)20(18,19)17-9-7-16(8-10-17)11-12-3-5-13(14)6-4-12/h3-6H,7-11H2,1-2H3. The van der Waals surface area contributed by atoms with Crippen molar-refractivity contribution in [2.24, 2.45) is 0 Å². The molecule has 1 aromatic rings. The van der Waals surface area contributed by atoms with Crippen LogP contribution in [-0.4, -0.2) is 62.2 Å². The predicted octanol–water partition coefficient (Wildman–Crippen LogP) is 0.750. The van der Waals surface area contributed by atoms with Gasteiger partial charge in [0.1, 0.15) is 5.82 Å². The Morgan fingerprint density at radius 2 is 1.65 bits per heavy atom. The predicted molar refractivity (Wildman–Crippen MR) is 75.9 cm³/mol. The third kappa shape index (κ3) is 3.54. The van der Waals surface area contributed by atoms with Gasteiger partial charge in [-0.3, -0.25) is 4.90 Å². The van der Waals surface area contributed by atoms with Crippen molar-refractivity contribution < 1.29 is 12.8 Å². The molecule has 1 aliphatic rings. The molecule has 0 aromatic heterocycles. The van der Waals surface area contributed by atoms with Gasteiger partial charge in [-0.25, -0.2) is 4.39 Å². The fourth-order valence-corrected chi connectivity index (χ4v) is 3.28. The zero-order valence-corrected chi connectivity index (χ0v) is 12.6. The van der Waals surface area contributed by atoms with E-state index in [1.807, 2.05) is 0 Å². The molecular formula is C13H20FN3O2S. The minimum absolute atomic E-state index is 0.240. The van der Waals surface area contributed by atoms with Gasteiger partial charge in [0.15, 0.2) is 0 Å². The molecule has 0 bridgehead atoms. The summed E-state index contributed by atoms with van der Waals surface area (Å²) < 4.78 is 39.5. The Morgan fingerprint density at radius 1 is 1.10 bits per heavy atom. The van der Waals surface area contributed by atoms with Crippen molar-refractivity contribution in [2.75, 3.05) is 40.3 Å². The van der Waals surface area contributed by atoms with E-state index in [9.17, 15) is 12.8 Å². The maximum atomic E-state index is 12.8. The van der Waals surface area contributed by atoms with E-state index in [-0.39, 0.29) is 5.82 Å². The Balaban J connectivity index is 1.90. The first-order valence-corrected chi connectivity index (χ1v) is 7.93. The summed E-state index contributed by atoms with van der Waals surface area (Å²) in [5.41, 5.74) is 1.04. The topological polar surface area (TPSA) is 43.9 Å². The van der Waals surface area contributed by atoms with Gasteiger partial charge in [-0.05, 0) is 17.7 Å². The summed E-state index contributed by atoms with van der Waals surface area (Å²) >= 11 is 0. The van der Waals surface area contributed by atoms with Gasteiger partial charge in [-0.15, -0.1) is 0 Å². The molecule has 0 radical (unpaired) electrons. The lowest BCUT2D eigenvalue weighted by molar-refractivity contribution is 0.177. The molecule has 112 valence electrons. The fourth-order valence-electron chi connectivity index (χ4n) is 2.20. The average Bonchev–Trinajstić information content (AvgIpc) is 2.42. The number of piperazine rings is 1. The van der Waals surface area contributed by atoms with Crippen LogP contribution in [0.25, 0.3) is 0 Å². The highest BCUT2D eigenvalue weighted by molar-refractivity contribution is 7.86. The molecule has 5 nitrogen and oxygen atoms in total. The van der Waals surface area contributed by atoms with Crippen LogP contribution in [-0.2, 0) is 16.8 Å². The smallest absolute Gasteiger partial charge is 0.281 e. The second-order valence-electron chi connectivity index (χ2n) is 5.09. The third-order valence-corrected chi connectivity index (χ3v) is 5.38. The molecule has 0 unspecified atom stereocenters. The summed E-state index contributed by atoms with van der Waals surface area (Å²) in [5.74, 6) is -0.240. The molecule has 0 atom stereocenters. The molecular weight excluding hydrogens is 281 g/mol. The van der Waals surface area contributed by atoms with E-state index < -0.39 is 10.2 Å². The summed E-state index contributed by atoms with van der Waals surface area (Å²) in [7, 11) is -0.228. The lowest BCUT2D eigenvalue weighted by Gasteiger charge is -2.35. The Kier molecular flexibility index (Phi) is 4.74. The minimum Gasteiger partial charge on any atom is -0.296 e. The lowest BCUT2D eigenvalue weighted by Crippen LogP contribution is -2.51. The van der Waals surface area contributed by atoms with E-state index in [0.717, 1.165) is 12.1 Å². The normalized spacial score (nSPS) is 18.6. The highest BCUT2D eigenvalue weighted by Crippen LogP contribution is 2.12. The number of rotatable bonds is 4. The van der Waals surface area contributed by atoms with Crippen molar-refractivity contribution in [1.29, 1.82) is 0 Å². The van der Waals surface area contributed by atoms with Gasteiger partial charge in [-0.2, -0.15) is 17.0 Å². The SMILES string of the molecule is CN(C)S(=O)(=O)N1CCN(Cc2ccc(F)cc2)CC1. The first-order chi connectivity index (χ1) is 9.39.